The fourth-order valence-corrected chi connectivity index (χ4v) is 3.28. The van der Waals surface area contributed by atoms with Gasteiger partial charge in [0.2, 0.25) is 0 Å². The van der Waals surface area contributed by atoms with Gasteiger partial charge in [-0.05, 0) is 19.4 Å². The fourth-order valence-electron chi connectivity index (χ4n) is 3.28. The maximum absolute atomic E-state index is 12.5. The number of rotatable bonds is 2. The van der Waals surface area contributed by atoms with Crippen molar-refractivity contribution in [3.05, 3.63) is 0 Å². The number of aliphatic carboxylic acids is 1. The van der Waals surface area contributed by atoms with Gasteiger partial charge >= 0.3 is 12.0 Å². The van der Waals surface area contributed by atoms with Gasteiger partial charge in [0.15, 0.2) is 0 Å². The summed E-state index contributed by atoms with van der Waals surface area (Å²) in [5, 5.41) is 9.14. The zero-order valence-electron chi connectivity index (χ0n) is 12.6. The van der Waals surface area contributed by atoms with Crippen LogP contribution in [0.4, 0.5) is 4.79 Å². The molecule has 2 saturated heterocycles. The molecule has 6 nitrogen and oxygen atoms in total. The molecule has 0 spiro atoms. The maximum Gasteiger partial charge on any atom is 0.320 e. The lowest BCUT2D eigenvalue weighted by Crippen LogP contribution is -2.56. The molecule has 1 unspecified atom stereocenters. The summed E-state index contributed by atoms with van der Waals surface area (Å²) >= 11 is 0. The first-order valence-corrected chi connectivity index (χ1v) is 7.44. The molecule has 0 radical (unpaired) electrons. The minimum absolute atomic E-state index is 0.00297. The van der Waals surface area contributed by atoms with Crippen molar-refractivity contribution in [3.63, 3.8) is 0 Å². The number of hydrogen-bond acceptors (Lipinski definition) is 3. The largest absolute Gasteiger partial charge is 0.481 e. The molecule has 2 rings (SSSR count). The third-order valence-electron chi connectivity index (χ3n) is 4.64. The van der Waals surface area contributed by atoms with Gasteiger partial charge in [0.1, 0.15) is 0 Å². The second-order valence-electron chi connectivity index (χ2n) is 6.03. The maximum atomic E-state index is 12.5. The number of carboxylic acids is 1. The molecule has 2 amide bonds. The van der Waals surface area contributed by atoms with Gasteiger partial charge in [0, 0.05) is 38.8 Å². The lowest BCUT2D eigenvalue weighted by atomic mass is 9.99. The van der Waals surface area contributed by atoms with E-state index in [1.807, 2.05) is 11.8 Å². The topological polar surface area (TPSA) is 64.1 Å². The summed E-state index contributed by atoms with van der Waals surface area (Å²) in [6.45, 7) is 10.4. The van der Waals surface area contributed by atoms with Crippen LogP contribution in [-0.4, -0.2) is 77.1 Å². The van der Waals surface area contributed by atoms with Crippen molar-refractivity contribution in [2.24, 2.45) is 11.8 Å². The molecule has 0 bridgehead atoms. The summed E-state index contributed by atoms with van der Waals surface area (Å²) in [7, 11) is 0. The highest BCUT2D eigenvalue weighted by Crippen LogP contribution is 2.24. The number of piperazine rings is 1. The van der Waals surface area contributed by atoms with Gasteiger partial charge in [-0.25, -0.2) is 4.79 Å². The average Bonchev–Trinajstić information content (AvgIpc) is 2.80. The normalized spacial score (nSPS) is 31.6. The molecular weight excluding hydrogens is 258 g/mol. The Bertz CT molecular complexity index is 388. The Kier molecular flexibility index (Phi) is 4.52. The number of likely N-dealkylation sites (N-methyl/N-ethyl adjacent to an activating group) is 1. The van der Waals surface area contributed by atoms with Crippen LogP contribution < -0.4 is 0 Å². The summed E-state index contributed by atoms with van der Waals surface area (Å²) in [5.41, 5.74) is 0. The smallest absolute Gasteiger partial charge is 0.320 e. The molecule has 0 aromatic heterocycles. The van der Waals surface area contributed by atoms with E-state index in [9.17, 15) is 9.59 Å². The van der Waals surface area contributed by atoms with E-state index in [0.29, 0.717) is 19.1 Å². The minimum atomic E-state index is -0.794. The zero-order chi connectivity index (χ0) is 14.9. The van der Waals surface area contributed by atoms with Gasteiger partial charge in [-0.2, -0.15) is 0 Å². The lowest BCUT2D eigenvalue weighted by Gasteiger charge is -2.40. The molecule has 0 saturated carbocycles. The van der Waals surface area contributed by atoms with E-state index in [2.05, 4.69) is 18.7 Å². The van der Waals surface area contributed by atoms with E-state index in [1.165, 1.54) is 0 Å². The minimum Gasteiger partial charge on any atom is -0.481 e. The predicted molar refractivity (Wildman–Crippen MR) is 75.5 cm³/mol. The number of amides is 2. The number of likely N-dealkylation sites (tertiary alicyclic amines) is 1. The van der Waals surface area contributed by atoms with Crippen LogP contribution in [0.15, 0.2) is 0 Å². The summed E-state index contributed by atoms with van der Waals surface area (Å²) in [6.07, 6.45) is 0. The van der Waals surface area contributed by atoms with Gasteiger partial charge in [-0.15, -0.1) is 0 Å². The van der Waals surface area contributed by atoms with Crippen LogP contribution in [-0.2, 0) is 4.79 Å². The van der Waals surface area contributed by atoms with Crippen molar-refractivity contribution in [2.75, 3.05) is 39.3 Å². The van der Waals surface area contributed by atoms with Crippen LogP contribution in [0.2, 0.25) is 0 Å². The molecule has 2 aliphatic heterocycles. The number of carbonyl (C=O) groups excluding carboxylic acids is 1. The number of hydrogen-bond donors (Lipinski definition) is 1. The number of carboxylic acid groups (broad SMARTS) is 1. The van der Waals surface area contributed by atoms with Crippen LogP contribution in [0.5, 0.6) is 0 Å². The Balaban J connectivity index is 1.94. The Morgan fingerprint density at radius 1 is 1.10 bits per heavy atom. The van der Waals surface area contributed by atoms with Crippen LogP contribution in [0.25, 0.3) is 0 Å². The SMILES string of the molecule is CCN1CCN(C(=O)N2C[C@@H](C)[C@H](C(=O)O)C2)CC1C. The molecular formula is C14H25N3O3. The Morgan fingerprint density at radius 3 is 2.30 bits per heavy atom. The highest BCUT2D eigenvalue weighted by atomic mass is 16.4. The zero-order valence-corrected chi connectivity index (χ0v) is 12.6. The predicted octanol–water partition coefficient (Wildman–Crippen LogP) is 0.785. The van der Waals surface area contributed by atoms with Crippen molar-refractivity contribution in [3.8, 4) is 0 Å². The van der Waals surface area contributed by atoms with Gasteiger partial charge in [-0.3, -0.25) is 9.69 Å². The van der Waals surface area contributed by atoms with Gasteiger partial charge in [0.25, 0.3) is 0 Å². The average molecular weight is 283 g/mol. The fraction of sp³-hybridized carbons (Fsp3) is 0.857. The first-order valence-electron chi connectivity index (χ1n) is 7.44. The van der Waals surface area contributed by atoms with Crippen molar-refractivity contribution < 1.29 is 14.7 Å². The molecule has 0 aromatic carbocycles. The quantitative estimate of drug-likeness (QED) is 0.813. The molecule has 20 heavy (non-hydrogen) atoms. The third kappa shape index (κ3) is 2.90. The van der Waals surface area contributed by atoms with Crippen molar-refractivity contribution in [2.45, 2.75) is 26.8 Å². The van der Waals surface area contributed by atoms with Gasteiger partial charge in [-0.1, -0.05) is 13.8 Å². The summed E-state index contributed by atoms with van der Waals surface area (Å²) < 4.78 is 0. The number of carbonyl (C=O) groups is 2. The van der Waals surface area contributed by atoms with E-state index >= 15 is 0 Å². The summed E-state index contributed by atoms with van der Waals surface area (Å²) in [5.74, 6) is -1.18. The molecule has 2 aliphatic rings. The van der Waals surface area contributed by atoms with Crippen molar-refractivity contribution >= 4 is 12.0 Å². The summed E-state index contributed by atoms with van der Waals surface area (Å²) in [4.78, 5) is 29.6. The summed E-state index contributed by atoms with van der Waals surface area (Å²) in [6, 6.07) is 0.371. The Hall–Kier alpha value is -1.30. The monoisotopic (exact) mass is 283 g/mol. The van der Waals surface area contributed by atoms with Crippen LogP contribution in [0.1, 0.15) is 20.8 Å². The standard InChI is InChI=1S/C14H25N3O3/c1-4-15-5-6-16(8-11(15)3)14(20)17-7-10(2)12(9-17)13(18)19/h10-12H,4-9H2,1-3H3,(H,18,19)/t10-,11?,12-/m1/s1. The Morgan fingerprint density at radius 2 is 1.80 bits per heavy atom. The molecule has 1 N–H and O–H groups in total. The second-order valence-corrected chi connectivity index (χ2v) is 6.03. The van der Waals surface area contributed by atoms with E-state index < -0.39 is 11.9 Å². The Labute approximate surface area is 120 Å². The molecule has 0 aliphatic carbocycles. The van der Waals surface area contributed by atoms with E-state index in [1.54, 1.807) is 4.90 Å². The number of nitrogens with zero attached hydrogens (tertiary/aromatic N) is 3. The van der Waals surface area contributed by atoms with E-state index in [4.69, 9.17) is 5.11 Å². The molecule has 3 atom stereocenters. The molecule has 0 aromatic rings. The molecule has 2 heterocycles. The number of urea groups is 1. The van der Waals surface area contributed by atoms with Crippen LogP contribution in [0, 0.1) is 11.8 Å². The van der Waals surface area contributed by atoms with E-state index in [-0.39, 0.29) is 11.9 Å². The first-order chi connectivity index (χ1) is 9.43. The highest BCUT2D eigenvalue weighted by Gasteiger charge is 2.39. The lowest BCUT2D eigenvalue weighted by molar-refractivity contribution is -0.142. The van der Waals surface area contributed by atoms with Crippen LogP contribution in [0.3, 0.4) is 0 Å². The van der Waals surface area contributed by atoms with Crippen molar-refractivity contribution in [1.29, 1.82) is 0 Å². The van der Waals surface area contributed by atoms with Crippen molar-refractivity contribution in [1.82, 2.24) is 14.7 Å². The molecule has 6 heteroatoms. The molecule has 114 valence electrons. The second kappa shape index (κ2) is 5.99. The van der Waals surface area contributed by atoms with Gasteiger partial charge < -0.3 is 14.9 Å². The van der Waals surface area contributed by atoms with Gasteiger partial charge in [0.05, 0.1) is 5.92 Å². The highest BCUT2D eigenvalue weighted by molar-refractivity contribution is 5.78. The van der Waals surface area contributed by atoms with E-state index in [0.717, 1.165) is 26.2 Å². The van der Waals surface area contributed by atoms with Crippen LogP contribution >= 0.6 is 0 Å². The molecule has 2 fully saturated rings. The third-order valence-corrected chi connectivity index (χ3v) is 4.64. The first kappa shape index (κ1) is 15.1.